The van der Waals surface area contributed by atoms with Crippen LogP contribution in [0.25, 0.3) is 0 Å². The molecule has 1 amide bonds. The normalized spacial score (nSPS) is 10.1. The maximum absolute atomic E-state index is 11.1. The zero-order valence-electron chi connectivity index (χ0n) is 9.75. The molecule has 0 aliphatic carbocycles. The van der Waals surface area contributed by atoms with Crippen LogP contribution in [0.3, 0.4) is 0 Å². The molecule has 6 nitrogen and oxygen atoms in total. The molecule has 0 saturated carbocycles. The van der Waals surface area contributed by atoms with Gasteiger partial charge >= 0.3 is 0 Å². The number of ether oxygens (including phenoxy) is 1. The van der Waals surface area contributed by atoms with Gasteiger partial charge in [-0.05, 0) is 29.9 Å². The third-order valence-corrected chi connectivity index (χ3v) is 1.93. The van der Waals surface area contributed by atoms with Gasteiger partial charge in [-0.25, -0.2) is 0 Å². The van der Waals surface area contributed by atoms with Crippen LogP contribution in [-0.2, 0) is 9.63 Å². The molecule has 0 saturated heterocycles. The van der Waals surface area contributed by atoms with Crippen LogP contribution in [0.4, 0.5) is 0 Å². The van der Waals surface area contributed by atoms with E-state index in [4.69, 9.17) is 15.3 Å². The highest BCUT2D eigenvalue weighted by Gasteiger charge is 2.01. The molecule has 0 spiro atoms. The van der Waals surface area contributed by atoms with Crippen molar-refractivity contribution in [3.05, 3.63) is 29.8 Å². The van der Waals surface area contributed by atoms with Crippen molar-refractivity contribution < 1.29 is 14.4 Å². The number of oxime groups is 1. The molecule has 0 unspecified atom stereocenters. The highest BCUT2D eigenvalue weighted by molar-refractivity contribution is 7.80. The number of carbonyl (C=O) groups is 1. The lowest BCUT2D eigenvalue weighted by atomic mass is 10.2. The maximum atomic E-state index is 11.1. The lowest BCUT2D eigenvalue weighted by molar-refractivity contribution is -0.124. The van der Waals surface area contributed by atoms with Crippen molar-refractivity contribution in [3.63, 3.8) is 0 Å². The van der Waals surface area contributed by atoms with Crippen molar-refractivity contribution in [3.8, 4) is 5.75 Å². The highest BCUT2D eigenvalue weighted by atomic mass is 32.1. The zero-order valence-corrected chi connectivity index (χ0v) is 10.6. The van der Waals surface area contributed by atoms with E-state index in [0.717, 1.165) is 5.56 Å². The van der Waals surface area contributed by atoms with Gasteiger partial charge in [0.25, 0.3) is 5.91 Å². The number of methoxy groups -OCH3 is 1. The summed E-state index contributed by atoms with van der Waals surface area (Å²) in [4.78, 5) is 15.8. The number of amides is 1. The fourth-order valence-electron chi connectivity index (χ4n) is 1.09. The molecule has 0 heterocycles. The number of hydrogen-bond donors (Lipinski definition) is 2. The van der Waals surface area contributed by atoms with Crippen LogP contribution < -0.4 is 15.8 Å². The van der Waals surface area contributed by atoms with E-state index in [1.807, 2.05) is 18.2 Å². The smallest absolute Gasteiger partial charge is 0.266 e. The maximum Gasteiger partial charge on any atom is 0.266 e. The summed E-state index contributed by atoms with van der Waals surface area (Å²) in [7, 11) is 1.58. The Kier molecular flexibility index (Phi) is 5.59. The van der Waals surface area contributed by atoms with Crippen LogP contribution in [0.15, 0.2) is 29.4 Å². The van der Waals surface area contributed by atoms with Crippen molar-refractivity contribution in [2.24, 2.45) is 10.9 Å². The second kappa shape index (κ2) is 7.23. The van der Waals surface area contributed by atoms with Gasteiger partial charge in [0.15, 0.2) is 11.7 Å². The first-order valence-corrected chi connectivity index (χ1v) is 5.41. The Morgan fingerprint density at radius 2 is 2.39 bits per heavy atom. The van der Waals surface area contributed by atoms with Crippen LogP contribution >= 0.6 is 12.2 Å². The third kappa shape index (κ3) is 5.26. The summed E-state index contributed by atoms with van der Waals surface area (Å²) in [5.74, 6) is 0.260. The Morgan fingerprint density at radius 1 is 1.61 bits per heavy atom. The molecule has 96 valence electrons. The van der Waals surface area contributed by atoms with Gasteiger partial charge in [-0.1, -0.05) is 17.3 Å². The first kappa shape index (κ1) is 13.9. The monoisotopic (exact) mass is 267 g/mol. The summed E-state index contributed by atoms with van der Waals surface area (Å²) in [6.07, 6.45) is 1.47. The lowest BCUT2D eigenvalue weighted by Crippen LogP contribution is -2.36. The minimum atomic E-state index is -0.453. The highest BCUT2D eigenvalue weighted by Crippen LogP contribution is 2.10. The molecular weight excluding hydrogens is 254 g/mol. The summed E-state index contributed by atoms with van der Waals surface area (Å²) in [5.41, 5.74) is 5.91. The van der Waals surface area contributed by atoms with Gasteiger partial charge in [-0.2, -0.15) is 0 Å². The summed E-state index contributed by atoms with van der Waals surface area (Å²) >= 11 is 4.49. The van der Waals surface area contributed by atoms with E-state index in [-0.39, 0.29) is 11.7 Å². The van der Waals surface area contributed by atoms with Crippen LogP contribution in [0.1, 0.15) is 5.56 Å². The second-order valence-electron chi connectivity index (χ2n) is 3.20. The SMILES string of the molecule is COc1cccc(/C=N/OCC(=O)NC(N)=S)c1. The number of carbonyl (C=O) groups excluding carboxylic acids is 1. The predicted octanol–water partition coefficient (Wildman–Crippen LogP) is 0.406. The van der Waals surface area contributed by atoms with E-state index in [0.29, 0.717) is 5.75 Å². The van der Waals surface area contributed by atoms with Crippen molar-refractivity contribution in [1.82, 2.24) is 5.32 Å². The minimum Gasteiger partial charge on any atom is -0.497 e. The van der Waals surface area contributed by atoms with Crippen LogP contribution in [0.5, 0.6) is 5.75 Å². The number of hydrogen-bond acceptors (Lipinski definition) is 5. The molecular formula is C11H13N3O3S. The second-order valence-corrected chi connectivity index (χ2v) is 3.64. The molecule has 18 heavy (non-hydrogen) atoms. The average Bonchev–Trinajstić information content (AvgIpc) is 2.34. The van der Waals surface area contributed by atoms with Crippen molar-refractivity contribution in [2.75, 3.05) is 13.7 Å². The van der Waals surface area contributed by atoms with Crippen LogP contribution in [-0.4, -0.2) is 31.0 Å². The van der Waals surface area contributed by atoms with Crippen LogP contribution in [0.2, 0.25) is 0 Å². The van der Waals surface area contributed by atoms with E-state index in [9.17, 15) is 4.79 Å². The fourth-order valence-corrected chi connectivity index (χ4v) is 1.20. The number of thiocarbonyl (C=S) groups is 1. The number of rotatable bonds is 5. The molecule has 0 fully saturated rings. The Hall–Kier alpha value is -2.15. The standard InChI is InChI=1S/C11H13N3O3S/c1-16-9-4-2-3-8(5-9)6-13-17-7-10(15)14-11(12)18/h2-6H,7H2,1H3,(H3,12,14,15,18)/b13-6+. The molecule has 1 aromatic carbocycles. The first-order valence-electron chi connectivity index (χ1n) is 5.00. The zero-order chi connectivity index (χ0) is 13.4. The van der Waals surface area contributed by atoms with Gasteiger partial charge in [0, 0.05) is 0 Å². The summed E-state index contributed by atoms with van der Waals surface area (Å²) in [5, 5.41) is 5.75. The van der Waals surface area contributed by atoms with Crippen LogP contribution in [0, 0.1) is 0 Å². The predicted molar refractivity (Wildman–Crippen MR) is 71.5 cm³/mol. The van der Waals surface area contributed by atoms with Gasteiger partial charge in [0.05, 0.1) is 13.3 Å². The molecule has 0 bridgehead atoms. The summed E-state index contributed by atoms with van der Waals surface area (Å²) in [6, 6.07) is 7.24. The lowest BCUT2D eigenvalue weighted by Gasteiger charge is -2.01. The van der Waals surface area contributed by atoms with Crippen molar-refractivity contribution in [1.29, 1.82) is 0 Å². The van der Waals surface area contributed by atoms with Crippen molar-refractivity contribution in [2.45, 2.75) is 0 Å². The largest absolute Gasteiger partial charge is 0.497 e. The van der Waals surface area contributed by atoms with E-state index >= 15 is 0 Å². The number of nitrogens with one attached hydrogen (secondary N) is 1. The van der Waals surface area contributed by atoms with Crippen molar-refractivity contribution >= 4 is 29.5 Å². The molecule has 0 radical (unpaired) electrons. The Morgan fingerprint density at radius 3 is 3.06 bits per heavy atom. The molecule has 1 rings (SSSR count). The summed E-state index contributed by atoms with van der Waals surface area (Å²) < 4.78 is 5.05. The average molecular weight is 267 g/mol. The van der Waals surface area contributed by atoms with E-state index < -0.39 is 5.91 Å². The molecule has 0 aliphatic heterocycles. The molecule has 0 aromatic heterocycles. The van der Waals surface area contributed by atoms with Gasteiger partial charge in [-0.3, -0.25) is 4.79 Å². The minimum absolute atomic E-state index is 0.0969. The van der Waals surface area contributed by atoms with Gasteiger partial charge < -0.3 is 20.6 Å². The number of benzene rings is 1. The Labute approximate surface area is 110 Å². The van der Waals surface area contributed by atoms with E-state index in [2.05, 4.69) is 22.7 Å². The van der Waals surface area contributed by atoms with Gasteiger partial charge in [0.2, 0.25) is 0 Å². The topological polar surface area (TPSA) is 85.9 Å². The third-order valence-electron chi connectivity index (χ3n) is 1.83. The summed E-state index contributed by atoms with van der Waals surface area (Å²) in [6.45, 7) is -0.252. The molecule has 3 N–H and O–H groups in total. The first-order chi connectivity index (χ1) is 8.61. The fraction of sp³-hybridized carbons (Fsp3) is 0.182. The van der Waals surface area contributed by atoms with E-state index in [1.54, 1.807) is 13.2 Å². The Balaban J connectivity index is 2.40. The molecule has 0 atom stereocenters. The molecule has 0 aliphatic rings. The molecule has 1 aromatic rings. The van der Waals surface area contributed by atoms with Gasteiger partial charge in [-0.15, -0.1) is 0 Å². The Bertz CT molecular complexity index is 463. The quantitative estimate of drug-likeness (QED) is 0.458. The van der Waals surface area contributed by atoms with Gasteiger partial charge in [0.1, 0.15) is 5.75 Å². The van der Waals surface area contributed by atoms with E-state index in [1.165, 1.54) is 6.21 Å². The number of nitrogens with zero attached hydrogens (tertiary/aromatic N) is 1. The number of nitrogens with two attached hydrogens (primary N) is 1. The molecule has 7 heteroatoms.